The van der Waals surface area contributed by atoms with Gasteiger partial charge in [-0.05, 0) is 30.1 Å². The van der Waals surface area contributed by atoms with Crippen LogP contribution in [0.4, 0.5) is 0 Å². The molecule has 104 valence electrons. The Morgan fingerprint density at radius 1 is 0.706 bits per heavy atom. The molecule has 0 saturated carbocycles. The van der Waals surface area contributed by atoms with Crippen LogP contribution in [0.25, 0.3) is 0 Å². The monoisotopic (exact) mass is 240 g/mol. The summed E-state index contributed by atoms with van der Waals surface area (Å²) >= 11 is 0. The molecule has 2 unspecified atom stereocenters. The molecule has 0 aliphatic rings. The maximum absolute atomic E-state index is 2.49. The highest BCUT2D eigenvalue weighted by atomic mass is 14.4. The highest BCUT2D eigenvalue weighted by Gasteiger charge is 2.37. The third-order valence-corrected chi connectivity index (χ3v) is 5.15. The molecule has 0 bridgehead atoms. The average Bonchev–Trinajstić information content (AvgIpc) is 2.35. The van der Waals surface area contributed by atoms with Gasteiger partial charge in [-0.2, -0.15) is 0 Å². The van der Waals surface area contributed by atoms with E-state index in [0.717, 1.165) is 11.8 Å². The molecule has 0 N–H and O–H groups in total. The van der Waals surface area contributed by atoms with Crippen molar-refractivity contribution in [1.82, 2.24) is 0 Å². The quantitative estimate of drug-likeness (QED) is 0.385. The van der Waals surface area contributed by atoms with E-state index in [9.17, 15) is 0 Å². The summed E-state index contributed by atoms with van der Waals surface area (Å²) in [6, 6.07) is 0. The molecule has 0 aromatic rings. The number of rotatable bonds is 10. The standard InChI is InChI=1S/C17H36/c1-7-11-12-14-17(13-8-2,15(5)9-3)16(6)10-4/h15-16H,7-14H2,1-6H3. The van der Waals surface area contributed by atoms with E-state index >= 15 is 0 Å². The summed E-state index contributed by atoms with van der Waals surface area (Å²) in [6.07, 6.45) is 11.1. The second-order valence-electron chi connectivity index (χ2n) is 6.06. The van der Waals surface area contributed by atoms with Crippen molar-refractivity contribution in [2.75, 3.05) is 0 Å². The molecule has 0 saturated heterocycles. The van der Waals surface area contributed by atoms with Gasteiger partial charge in [0.2, 0.25) is 0 Å². The van der Waals surface area contributed by atoms with Crippen LogP contribution in [0.1, 0.15) is 92.9 Å². The van der Waals surface area contributed by atoms with Gasteiger partial charge in [-0.3, -0.25) is 0 Å². The van der Waals surface area contributed by atoms with Gasteiger partial charge in [0.25, 0.3) is 0 Å². The Bertz CT molecular complexity index is 161. The largest absolute Gasteiger partial charge is 0.0654 e. The summed E-state index contributed by atoms with van der Waals surface area (Å²) in [7, 11) is 0. The van der Waals surface area contributed by atoms with Crippen molar-refractivity contribution in [2.24, 2.45) is 17.3 Å². The van der Waals surface area contributed by atoms with Gasteiger partial charge in [0, 0.05) is 0 Å². The highest BCUT2D eigenvalue weighted by Crippen LogP contribution is 2.47. The van der Waals surface area contributed by atoms with Crippen LogP contribution in [0, 0.1) is 17.3 Å². The van der Waals surface area contributed by atoms with Gasteiger partial charge in [0.05, 0.1) is 0 Å². The lowest BCUT2D eigenvalue weighted by atomic mass is 9.61. The molecule has 2 atom stereocenters. The zero-order valence-corrected chi connectivity index (χ0v) is 13.3. The first-order valence-electron chi connectivity index (χ1n) is 8.08. The normalized spacial score (nSPS) is 18.7. The lowest BCUT2D eigenvalue weighted by Gasteiger charge is -2.44. The number of hydrogen-bond acceptors (Lipinski definition) is 0. The van der Waals surface area contributed by atoms with E-state index in [1.165, 1.54) is 51.4 Å². The van der Waals surface area contributed by atoms with Crippen LogP contribution in [0.2, 0.25) is 0 Å². The summed E-state index contributed by atoms with van der Waals surface area (Å²) in [5.74, 6) is 1.77. The molecule has 0 heteroatoms. The van der Waals surface area contributed by atoms with Crippen LogP contribution in [-0.4, -0.2) is 0 Å². The molecular formula is C17H36. The Morgan fingerprint density at radius 3 is 1.59 bits per heavy atom. The predicted molar refractivity (Wildman–Crippen MR) is 80.4 cm³/mol. The molecule has 0 aromatic carbocycles. The lowest BCUT2D eigenvalue weighted by molar-refractivity contribution is 0.0556. The first kappa shape index (κ1) is 17.0. The van der Waals surface area contributed by atoms with E-state index < -0.39 is 0 Å². The molecule has 17 heavy (non-hydrogen) atoms. The summed E-state index contributed by atoms with van der Waals surface area (Å²) in [5, 5.41) is 0. The molecule has 0 heterocycles. The maximum Gasteiger partial charge on any atom is -0.0246 e. The molecule has 0 amide bonds. The van der Waals surface area contributed by atoms with Crippen molar-refractivity contribution < 1.29 is 0 Å². The summed E-state index contributed by atoms with van der Waals surface area (Å²) < 4.78 is 0. The molecule has 0 rings (SSSR count). The second kappa shape index (κ2) is 9.00. The molecule has 0 fully saturated rings. The minimum Gasteiger partial charge on any atom is -0.0654 e. The zero-order chi connectivity index (χ0) is 13.3. The van der Waals surface area contributed by atoms with Crippen molar-refractivity contribution in [1.29, 1.82) is 0 Å². The highest BCUT2D eigenvalue weighted by molar-refractivity contribution is 4.87. The Balaban J connectivity index is 4.81. The fraction of sp³-hybridized carbons (Fsp3) is 1.00. The summed E-state index contributed by atoms with van der Waals surface area (Å²) in [5.41, 5.74) is 0.618. The van der Waals surface area contributed by atoms with Crippen molar-refractivity contribution in [3.8, 4) is 0 Å². The third-order valence-electron chi connectivity index (χ3n) is 5.15. The van der Waals surface area contributed by atoms with Crippen molar-refractivity contribution in [3.63, 3.8) is 0 Å². The molecular weight excluding hydrogens is 204 g/mol. The summed E-state index contributed by atoms with van der Waals surface area (Å²) in [4.78, 5) is 0. The first-order chi connectivity index (χ1) is 8.08. The SMILES string of the molecule is CCCCCC(CCC)(C(C)CC)C(C)CC. The van der Waals surface area contributed by atoms with E-state index in [0.29, 0.717) is 5.41 Å². The van der Waals surface area contributed by atoms with E-state index in [-0.39, 0.29) is 0 Å². The first-order valence-corrected chi connectivity index (χ1v) is 8.08. The number of hydrogen-bond donors (Lipinski definition) is 0. The second-order valence-corrected chi connectivity index (χ2v) is 6.06. The van der Waals surface area contributed by atoms with Crippen LogP contribution in [0.5, 0.6) is 0 Å². The van der Waals surface area contributed by atoms with Gasteiger partial charge >= 0.3 is 0 Å². The average molecular weight is 240 g/mol. The van der Waals surface area contributed by atoms with Gasteiger partial charge in [-0.25, -0.2) is 0 Å². The number of unbranched alkanes of at least 4 members (excludes halogenated alkanes) is 2. The molecule has 0 aliphatic heterocycles. The fourth-order valence-corrected chi connectivity index (χ4v) is 3.58. The summed E-state index contributed by atoms with van der Waals surface area (Å²) in [6.45, 7) is 14.4. The lowest BCUT2D eigenvalue weighted by Crippen LogP contribution is -2.35. The van der Waals surface area contributed by atoms with Crippen LogP contribution in [0.3, 0.4) is 0 Å². The van der Waals surface area contributed by atoms with E-state index in [4.69, 9.17) is 0 Å². The Morgan fingerprint density at radius 2 is 1.24 bits per heavy atom. The minimum absolute atomic E-state index is 0.618. The van der Waals surface area contributed by atoms with Crippen molar-refractivity contribution >= 4 is 0 Å². The topological polar surface area (TPSA) is 0 Å². The predicted octanol–water partition coefficient (Wildman–Crippen LogP) is 6.45. The zero-order valence-electron chi connectivity index (χ0n) is 13.3. The van der Waals surface area contributed by atoms with Crippen molar-refractivity contribution in [2.45, 2.75) is 92.9 Å². The maximum atomic E-state index is 2.49. The third kappa shape index (κ3) is 4.64. The molecule has 0 radical (unpaired) electrons. The van der Waals surface area contributed by atoms with Gasteiger partial charge in [-0.1, -0.05) is 80.1 Å². The van der Waals surface area contributed by atoms with Gasteiger partial charge in [0.1, 0.15) is 0 Å². The molecule has 0 aliphatic carbocycles. The smallest absolute Gasteiger partial charge is 0.0246 e. The molecule has 0 spiro atoms. The fourth-order valence-electron chi connectivity index (χ4n) is 3.58. The van der Waals surface area contributed by atoms with Crippen molar-refractivity contribution in [3.05, 3.63) is 0 Å². The molecule has 0 aromatic heterocycles. The van der Waals surface area contributed by atoms with Crippen LogP contribution < -0.4 is 0 Å². The Labute approximate surface area is 111 Å². The molecule has 0 nitrogen and oxygen atoms in total. The van der Waals surface area contributed by atoms with E-state index in [1.54, 1.807) is 0 Å². The van der Waals surface area contributed by atoms with E-state index in [2.05, 4.69) is 41.5 Å². The van der Waals surface area contributed by atoms with Crippen LogP contribution in [0.15, 0.2) is 0 Å². The Hall–Kier alpha value is 0. The van der Waals surface area contributed by atoms with Gasteiger partial charge in [0.15, 0.2) is 0 Å². The van der Waals surface area contributed by atoms with Gasteiger partial charge in [-0.15, -0.1) is 0 Å². The van der Waals surface area contributed by atoms with Crippen LogP contribution in [-0.2, 0) is 0 Å². The van der Waals surface area contributed by atoms with Gasteiger partial charge < -0.3 is 0 Å². The van der Waals surface area contributed by atoms with Crippen LogP contribution >= 0.6 is 0 Å². The van der Waals surface area contributed by atoms with E-state index in [1.807, 2.05) is 0 Å². The minimum atomic E-state index is 0.618. The Kier molecular flexibility index (Phi) is 9.00.